The van der Waals surface area contributed by atoms with Gasteiger partial charge in [0.25, 0.3) is 0 Å². The van der Waals surface area contributed by atoms with E-state index in [4.69, 9.17) is 4.74 Å². The van der Waals surface area contributed by atoms with E-state index in [0.717, 1.165) is 22.0 Å². The molecule has 0 unspecified atom stereocenters. The standard InChI is InChI=1S/C18H17F2I3N2O3/c1-25(8-10-3-4-14(28-18(19)20)15(5-10)27-2)9-16(26)24-17-12(22)6-11(21)7-13(17)23/h3-7,18H,8-9H2,1-2H3,(H,24,26). The van der Waals surface area contributed by atoms with Gasteiger partial charge in [-0.1, -0.05) is 6.07 Å². The number of nitrogens with zero attached hydrogens (tertiary/aromatic N) is 1. The molecule has 0 atom stereocenters. The lowest BCUT2D eigenvalue weighted by Crippen LogP contribution is -2.30. The van der Waals surface area contributed by atoms with Crippen molar-refractivity contribution in [2.24, 2.45) is 0 Å². The van der Waals surface area contributed by atoms with Crippen LogP contribution in [0, 0.1) is 10.7 Å². The van der Waals surface area contributed by atoms with Crippen molar-refractivity contribution in [2.45, 2.75) is 13.2 Å². The lowest BCUT2D eigenvalue weighted by molar-refractivity contribution is -0.117. The van der Waals surface area contributed by atoms with Crippen LogP contribution in [0.2, 0.25) is 0 Å². The molecule has 0 bridgehead atoms. The van der Waals surface area contributed by atoms with Gasteiger partial charge in [-0.3, -0.25) is 9.69 Å². The number of likely N-dealkylation sites (N-methyl/N-ethyl adjacent to an activating group) is 1. The Balaban J connectivity index is 2.00. The molecule has 1 amide bonds. The average molecular weight is 728 g/mol. The molecule has 28 heavy (non-hydrogen) atoms. The minimum atomic E-state index is -2.92. The van der Waals surface area contributed by atoms with Crippen molar-refractivity contribution in [3.05, 3.63) is 46.6 Å². The van der Waals surface area contributed by atoms with Crippen LogP contribution in [0.1, 0.15) is 5.56 Å². The Hall–Kier alpha value is -0.480. The summed E-state index contributed by atoms with van der Waals surface area (Å²) in [5, 5.41) is 2.95. The van der Waals surface area contributed by atoms with Gasteiger partial charge in [-0.15, -0.1) is 0 Å². The second kappa shape index (κ2) is 11.1. The van der Waals surface area contributed by atoms with Gasteiger partial charge in [0.15, 0.2) is 11.5 Å². The van der Waals surface area contributed by atoms with E-state index < -0.39 is 6.61 Å². The normalized spacial score (nSPS) is 11.0. The summed E-state index contributed by atoms with van der Waals surface area (Å²) in [5.41, 5.74) is 1.61. The number of amides is 1. The molecule has 0 saturated heterocycles. The molecule has 0 fully saturated rings. The van der Waals surface area contributed by atoms with Crippen LogP contribution >= 0.6 is 67.8 Å². The van der Waals surface area contributed by atoms with Crippen LogP contribution in [0.5, 0.6) is 11.5 Å². The molecule has 2 aromatic rings. The fourth-order valence-electron chi connectivity index (χ4n) is 2.46. The van der Waals surface area contributed by atoms with Gasteiger partial charge in [-0.2, -0.15) is 8.78 Å². The zero-order valence-electron chi connectivity index (χ0n) is 14.9. The third-order valence-corrected chi connectivity index (χ3v) is 5.91. The fraction of sp³-hybridized carbons (Fsp3) is 0.278. The Morgan fingerprint density at radius 3 is 2.36 bits per heavy atom. The first kappa shape index (κ1) is 23.8. The number of halogens is 5. The predicted molar refractivity (Wildman–Crippen MR) is 129 cm³/mol. The lowest BCUT2D eigenvalue weighted by Gasteiger charge is -2.18. The third kappa shape index (κ3) is 7.09. The van der Waals surface area contributed by atoms with Crippen molar-refractivity contribution in [3.63, 3.8) is 0 Å². The number of hydrogen-bond acceptors (Lipinski definition) is 4. The van der Waals surface area contributed by atoms with Gasteiger partial charge in [0.05, 0.1) is 19.3 Å². The molecule has 0 aliphatic carbocycles. The van der Waals surface area contributed by atoms with E-state index in [1.54, 1.807) is 19.2 Å². The number of anilines is 1. The topological polar surface area (TPSA) is 50.8 Å². The van der Waals surface area contributed by atoms with Crippen molar-refractivity contribution >= 4 is 79.4 Å². The molecule has 152 valence electrons. The number of nitrogens with one attached hydrogen (secondary N) is 1. The summed E-state index contributed by atoms with van der Waals surface area (Å²) in [7, 11) is 3.19. The fourth-order valence-corrected chi connectivity index (χ4v) is 6.31. The number of hydrogen-bond donors (Lipinski definition) is 1. The molecule has 0 saturated carbocycles. The number of ether oxygens (including phenoxy) is 2. The van der Waals surface area contributed by atoms with Crippen molar-refractivity contribution in [1.29, 1.82) is 0 Å². The zero-order chi connectivity index (χ0) is 20.8. The van der Waals surface area contributed by atoms with Crippen LogP contribution in [0.4, 0.5) is 14.5 Å². The molecule has 0 radical (unpaired) electrons. The Morgan fingerprint density at radius 2 is 1.79 bits per heavy atom. The highest BCUT2D eigenvalue weighted by Crippen LogP contribution is 2.30. The number of rotatable bonds is 8. The Labute approximate surface area is 202 Å². The van der Waals surface area contributed by atoms with Crippen LogP contribution < -0.4 is 14.8 Å². The van der Waals surface area contributed by atoms with Crippen molar-refractivity contribution < 1.29 is 23.0 Å². The zero-order valence-corrected chi connectivity index (χ0v) is 21.4. The van der Waals surface area contributed by atoms with Crippen LogP contribution in [-0.4, -0.2) is 38.1 Å². The molecular formula is C18H17F2I3N2O3. The van der Waals surface area contributed by atoms with Crippen LogP contribution in [0.15, 0.2) is 30.3 Å². The van der Waals surface area contributed by atoms with Crippen LogP contribution in [0.25, 0.3) is 0 Å². The van der Waals surface area contributed by atoms with Crippen LogP contribution in [0.3, 0.4) is 0 Å². The molecule has 0 aliphatic rings. The molecular weight excluding hydrogens is 711 g/mol. The van der Waals surface area contributed by atoms with Crippen LogP contribution in [-0.2, 0) is 11.3 Å². The smallest absolute Gasteiger partial charge is 0.387 e. The minimum Gasteiger partial charge on any atom is -0.493 e. The highest BCUT2D eigenvalue weighted by atomic mass is 127. The van der Waals surface area contributed by atoms with Gasteiger partial charge in [-0.25, -0.2) is 0 Å². The van der Waals surface area contributed by atoms with Crippen molar-refractivity contribution in [2.75, 3.05) is 26.0 Å². The maximum Gasteiger partial charge on any atom is 0.387 e. The Morgan fingerprint density at radius 1 is 1.14 bits per heavy atom. The second-order valence-corrected chi connectivity index (χ2v) is 9.40. The van der Waals surface area contributed by atoms with Gasteiger partial charge in [0, 0.05) is 17.3 Å². The lowest BCUT2D eigenvalue weighted by atomic mass is 10.2. The first-order valence-corrected chi connectivity index (χ1v) is 11.2. The molecule has 1 N–H and O–H groups in total. The molecule has 0 aliphatic heterocycles. The summed E-state index contributed by atoms with van der Waals surface area (Å²) in [4.78, 5) is 14.2. The quantitative estimate of drug-likeness (QED) is 0.381. The maximum absolute atomic E-state index is 12.4. The first-order chi connectivity index (χ1) is 13.2. The number of carbonyl (C=O) groups excluding carboxylic acids is 1. The van der Waals surface area contributed by atoms with E-state index in [1.165, 1.54) is 13.2 Å². The first-order valence-electron chi connectivity index (χ1n) is 7.94. The molecule has 0 spiro atoms. The summed E-state index contributed by atoms with van der Waals surface area (Å²) in [6.45, 7) is -2.30. The van der Waals surface area contributed by atoms with Crippen molar-refractivity contribution in [3.8, 4) is 11.5 Å². The van der Waals surface area contributed by atoms with Crippen molar-refractivity contribution in [1.82, 2.24) is 4.90 Å². The van der Waals surface area contributed by atoms with Gasteiger partial charge in [0.2, 0.25) is 5.91 Å². The summed E-state index contributed by atoms with van der Waals surface area (Å²) in [6.07, 6.45) is 0. The summed E-state index contributed by atoms with van der Waals surface area (Å²) >= 11 is 6.63. The molecule has 10 heteroatoms. The Bertz CT molecular complexity index is 830. The molecule has 2 aromatic carbocycles. The van der Waals surface area contributed by atoms with E-state index in [2.05, 4.69) is 77.8 Å². The van der Waals surface area contributed by atoms with E-state index in [0.29, 0.717) is 6.54 Å². The van der Waals surface area contributed by atoms with Gasteiger partial charge >= 0.3 is 6.61 Å². The summed E-state index contributed by atoms with van der Waals surface area (Å²) in [5.74, 6) is 0.0623. The van der Waals surface area contributed by atoms with E-state index in [9.17, 15) is 13.6 Å². The monoisotopic (exact) mass is 728 g/mol. The van der Waals surface area contributed by atoms with E-state index in [-0.39, 0.29) is 24.0 Å². The molecule has 5 nitrogen and oxygen atoms in total. The SMILES string of the molecule is COc1cc(CN(C)CC(=O)Nc2c(I)cc(I)cc2I)ccc1OC(F)F. The molecule has 0 aromatic heterocycles. The van der Waals surface area contributed by atoms with Gasteiger partial charge in [0.1, 0.15) is 0 Å². The number of alkyl halides is 2. The summed E-state index contributed by atoms with van der Waals surface area (Å²) in [6, 6.07) is 8.72. The molecule has 0 heterocycles. The van der Waals surface area contributed by atoms with E-state index >= 15 is 0 Å². The average Bonchev–Trinajstić information content (AvgIpc) is 2.58. The number of carbonyl (C=O) groups is 1. The number of methoxy groups -OCH3 is 1. The Kier molecular flexibility index (Phi) is 9.40. The number of benzene rings is 2. The molecule has 2 rings (SSSR count). The summed E-state index contributed by atoms with van der Waals surface area (Å²) < 4.78 is 37.4. The maximum atomic E-state index is 12.4. The van der Waals surface area contributed by atoms with Gasteiger partial charge < -0.3 is 14.8 Å². The predicted octanol–water partition coefficient (Wildman–Crippen LogP) is 5.18. The third-order valence-electron chi connectivity index (χ3n) is 3.58. The van der Waals surface area contributed by atoms with Gasteiger partial charge in [-0.05, 0) is 105 Å². The second-order valence-electron chi connectivity index (χ2n) is 5.83. The highest BCUT2D eigenvalue weighted by Gasteiger charge is 2.15. The highest BCUT2D eigenvalue weighted by molar-refractivity contribution is 14.1. The largest absolute Gasteiger partial charge is 0.493 e. The minimum absolute atomic E-state index is 0.0236. The van der Waals surface area contributed by atoms with E-state index in [1.807, 2.05) is 17.0 Å².